The Morgan fingerprint density at radius 1 is 0.957 bits per heavy atom. The van der Waals surface area contributed by atoms with Gasteiger partial charge in [-0.3, -0.25) is 0 Å². The van der Waals surface area contributed by atoms with Crippen LogP contribution in [-0.2, 0) is 0 Å². The van der Waals surface area contributed by atoms with E-state index in [1.807, 2.05) is 54.6 Å². The summed E-state index contributed by atoms with van der Waals surface area (Å²) in [6.45, 7) is 1.90. The Labute approximate surface area is 136 Å². The Hall–Kier alpha value is -2.66. The van der Waals surface area contributed by atoms with Gasteiger partial charge in [-0.2, -0.15) is 4.98 Å². The van der Waals surface area contributed by atoms with Crippen LogP contribution in [0.1, 0.15) is 0 Å². The molecule has 2 aromatic carbocycles. The first-order chi connectivity index (χ1) is 11.2. The second kappa shape index (κ2) is 7.07. The fourth-order valence-corrected chi connectivity index (χ4v) is 2.20. The van der Waals surface area contributed by atoms with E-state index in [0.29, 0.717) is 11.7 Å². The van der Waals surface area contributed by atoms with Crippen LogP contribution in [0.5, 0.6) is 0 Å². The number of likely N-dealkylation sites (N-methyl/N-ethyl adjacent to an activating group) is 1. The third kappa shape index (κ3) is 3.96. The van der Waals surface area contributed by atoms with Crippen molar-refractivity contribution in [1.82, 2.24) is 15.0 Å². The number of benzene rings is 2. The lowest BCUT2D eigenvalue weighted by molar-refractivity contribution is 0.425. The van der Waals surface area contributed by atoms with Crippen LogP contribution in [0.2, 0.25) is 0 Å². The molecule has 1 heterocycles. The van der Waals surface area contributed by atoms with Gasteiger partial charge in [0.05, 0.1) is 0 Å². The fraction of sp³-hybridized carbons (Fsp3) is 0.222. The SMILES string of the molecule is CN(C)CCNc1ccc(-c2noc(-c3ccccc3)n2)cc1. The van der Waals surface area contributed by atoms with Crippen LogP contribution in [0.3, 0.4) is 0 Å². The van der Waals surface area contributed by atoms with Crippen molar-refractivity contribution in [2.45, 2.75) is 0 Å². The van der Waals surface area contributed by atoms with Gasteiger partial charge in [-0.1, -0.05) is 23.4 Å². The molecule has 0 aliphatic rings. The molecule has 3 rings (SSSR count). The van der Waals surface area contributed by atoms with Crippen LogP contribution in [0.25, 0.3) is 22.8 Å². The van der Waals surface area contributed by atoms with Gasteiger partial charge in [0.15, 0.2) is 0 Å². The summed E-state index contributed by atoms with van der Waals surface area (Å²) in [5.74, 6) is 1.14. The quantitative estimate of drug-likeness (QED) is 0.756. The molecule has 0 bridgehead atoms. The lowest BCUT2D eigenvalue weighted by Crippen LogP contribution is -2.20. The number of nitrogens with one attached hydrogen (secondary N) is 1. The van der Waals surface area contributed by atoms with Gasteiger partial charge in [0, 0.05) is 29.9 Å². The molecular weight excluding hydrogens is 288 g/mol. The van der Waals surface area contributed by atoms with Crippen LogP contribution in [0, 0.1) is 0 Å². The molecule has 5 nitrogen and oxygen atoms in total. The number of hydrogen-bond acceptors (Lipinski definition) is 5. The van der Waals surface area contributed by atoms with Gasteiger partial charge in [-0.05, 0) is 50.5 Å². The van der Waals surface area contributed by atoms with Gasteiger partial charge >= 0.3 is 0 Å². The maximum absolute atomic E-state index is 5.34. The van der Waals surface area contributed by atoms with Crippen molar-refractivity contribution in [2.24, 2.45) is 0 Å². The minimum absolute atomic E-state index is 0.536. The van der Waals surface area contributed by atoms with Crippen molar-refractivity contribution in [2.75, 3.05) is 32.5 Å². The molecule has 0 amide bonds. The van der Waals surface area contributed by atoms with Gasteiger partial charge in [-0.25, -0.2) is 0 Å². The third-order valence-corrected chi connectivity index (χ3v) is 3.48. The van der Waals surface area contributed by atoms with Gasteiger partial charge in [0.2, 0.25) is 5.82 Å². The molecule has 0 saturated heterocycles. The van der Waals surface area contributed by atoms with E-state index in [-0.39, 0.29) is 0 Å². The number of aromatic nitrogens is 2. The van der Waals surface area contributed by atoms with Crippen molar-refractivity contribution >= 4 is 5.69 Å². The monoisotopic (exact) mass is 308 g/mol. The standard InChI is InChI=1S/C18H20N4O/c1-22(2)13-12-19-16-10-8-14(9-11-16)17-20-18(23-21-17)15-6-4-3-5-7-15/h3-11,19H,12-13H2,1-2H3. The fourth-order valence-electron chi connectivity index (χ4n) is 2.20. The molecule has 0 unspecified atom stereocenters. The Morgan fingerprint density at radius 3 is 2.39 bits per heavy atom. The molecule has 5 heteroatoms. The minimum Gasteiger partial charge on any atom is -0.384 e. The van der Waals surface area contributed by atoms with E-state index in [2.05, 4.69) is 34.5 Å². The first kappa shape index (κ1) is 15.2. The summed E-state index contributed by atoms with van der Waals surface area (Å²) in [6, 6.07) is 17.8. The maximum atomic E-state index is 5.34. The van der Waals surface area contributed by atoms with E-state index < -0.39 is 0 Å². The minimum atomic E-state index is 0.536. The highest BCUT2D eigenvalue weighted by molar-refractivity contribution is 5.62. The predicted octanol–water partition coefficient (Wildman–Crippen LogP) is 3.38. The van der Waals surface area contributed by atoms with E-state index in [1.54, 1.807) is 0 Å². The summed E-state index contributed by atoms with van der Waals surface area (Å²) in [5, 5.41) is 7.44. The van der Waals surface area contributed by atoms with Crippen LogP contribution in [-0.4, -0.2) is 42.2 Å². The number of hydrogen-bond donors (Lipinski definition) is 1. The van der Waals surface area contributed by atoms with Gasteiger partial charge in [-0.15, -0.1) is 0 Å². The predicted molar refractivity (Wildman–Crippen MR) is 92.2 cm³/mol. The molecule has 0 spiro atoms. The van der Waals surface area contributed by atoms with Gasteiger partial charge in [0.1, 0.15) is 0 Å². The van der Waals surface area contributed by atoms with Crippen molar-refractivity contribution < 1.29 is 4.52 Å². The van der Waals surface area contributed by atoms with Crippen molar-refractivity contribution in [3.8, 4) is 22.8 Å². The summed E-state index contributed by atoms with van der Waals surface area (Å²) < 4.78 is 5.34. The molecule has 118 valence electrons. The first-order valence-electron chi connectivity index (χ1n) is 7.60. The first-order valence-corrected chi connectivity index (χ1v) is 7.60. The molecule has 0 aliphatic heterocycles. The molecule has 1 aromatic heterocycles. The lowest BCUT2D eigenvalue weighted by atomic mass is 10.2. The zero-order chi connectivity index (χ0) is 16.1. The summed E-state index contributed by atoms with van der Waals surface area (Å²) in [4.78, 5) is 6.61. The summed E-state index contributed by atoms with van der Waals surface area (Å²) in [7, 11) is 4.12. The smallest absolute Gasteiger partial charge is 0.258 e. The molecule has 0 aliphatic carbocycles. The largest absolute Gasteiger partial charge is 0.384 e. The highest BCUT2D eigenvalue weighted by Crippen LogP contribution is 2.23. The van der Waals surface area contributed by atoms with E-state index in [4.69, 9.17) is 4.52 Å². The molecule has 0 radical (unpaired) electrons. The molecule has 0 saturated carbocycles. The normalized spacial score (nSPS) is 10.9. The number of anilines is 1. The zero-order valence-electron chi connectivity index (χ0n) is 13.4. The number of rotatable bonds is 6. The Morgan fingerprint density at radius 2 is 1.70 bits per heavy atom. The highest BCUT2D eigenvalue weighted by atomic mass is 16.5. The van der Waals surface area contributed by atoms with E-state index in [0.717, 1.165) is 29.9 Å². The molecule has 23 heavy (non-hydrogen) atoms. The summed E-state index contributed by atoms with van der Waals surface area (Å²) in [6.07, 6.45) is 0. The van der Waals surface area contributed by atoms with Gasteiger partial charge in [0.25, 0.3) is 5.89 Å². The van der Waals surface area contributed by atoms with Crippen molar-refractivity contribution in [3.05, 3.63) is 54.6 Å². The highest BCUT2D eigenvalue weighted by Gasteiger charge is 2.10. The number of nitrogens with zero attached hydrogens (tertiary/aromatic N) is 3. The topological polar surface area (TPSA) is 54.2 Å². The van der Waals surface area contributed by atoms with Crippen LogP contribution >= 0.6 is 0 Å². The average Bonchev–Trinajstić information content (AvgIpc) is 3.06. The Bertz CT molecular complexity index is 735. The summed E-state index contributed by atoms with van der Waals surface area (Å²) in [5.41, 5.74) is 2.95. The lowest BCUT2D eigenvalue weighted by Gasteiger charge is -2.11. The average molecular weight is 308 g/mol. The summed E-state index contributed by atoms with van der Waals surface area (Å²) >= 11 is 0. The second-order valence-corrected chi connectivity index (χ2v) is 5.60. The van der Waals surface area contributed by atoms with Gasteiger partial charge < -0.3 is 14.7 Å². The van der Waals surface area contributed by atoms with Crippen LogP contribution in [0.15, 0.2) is 59.1 Å². The Kier molecular flexibility index (Phi) is 4.68. The van der Waals surface area contributed by atoms with E-state index in [9.17, 15) is 0 Å². The third-order valence-electron chi connectivity index (χ3n) is 3.48. The Balaban J connectivity index is 1.69. The van der Waals surface area contributed by atoms with E-state index >= 15 is 0 Å². The molecular formula is C18H20N4O. The van der Waals surface area contributed by atoms with Crippen molar-refractivity contribution in [1.29, 1.82) is 0 Å². The molecule has 1 N–H and O–H groups in total. The zero-order valence-corrected chi connectivity index (χ0v) is 13.4. The van der Waals surface area contributed by atoms with Crippen LogP contribution < -0.4 is 5.32 Å². The molecule has 3 aromatic rings. The van der Waals surface area contributed by atoms with E-state index in [1.165, 1.54) is 0 Å². The molecule has 0 fully saturated rings. The van der Waals surface area contributed by atoms with Crippen molar-refractivity contribution in [3.63, 3.8) is 0 Å². The molecule has 0 atom stereocenters. The second-order valence-electron chi connectivity index (χ2n) is 5.60. The van der Waals surface area contributed by atoms with Crippen LogP contribution in [0.4, 0.5) is 5.69 Å². The maximum Gasteiger partial charge on any atom is 0.258 e.